The van der Waals surface area contributed by atoms with Crippen LogP contribution >= 0.6 is 0 Å². The van der Waals surface area contributed by atoms with E-state index in [0.29, 0.717) is 25.0 Å². The highest BCUT2D eigenvalue weighted by Crippen LogP contribution is 2.37. The topological polar surface area (TPSA) is 76.5 Å². The predicted octanol–water partition coefficient (Wildman–Crippen LogP) is 5.42. The van der Waals surface area contributed by atoms with Crippen molar-refractivity contribution in [2.24, 2.45) is 0 Å². The van der Waals surface area contributed by atoms with Gasteiger partial charge in [-0.3, -0.25) is 4.79 Å². The zero-order chi connectivity index (χ0) is 24.7. The van der Waals surface area contributed by atoms with Crippen LogP contribution in [0.1, 0.15) is 59.8 Å². The van der Waals surface area contributed by atoms with Crippen molar-refractivity contribution in [2.75, 3.05) is 11.9 Å². The summed E-state index contributed by atoms with van der Waals surface area (Å²) in [5, 5.41) is 3.41. The van der Waals surface area contributed by atoms with Gasteiger partial charge >= 0.3 is 6.09 Å². The number of alkyl halides is 2. The number of ether oxygens (including phenoxy) is 1. The highest BCUT2D eigenvalue weighted by Gasteiger charge is 2.48. The Morgan fingerprint density at radius 3 is 2.53 bits per heavy atom. The number of carbonyl (C=O) groups is 2. The molecular weight excluding hydrogens is 442 g/mol. The van der Waals surface area contributed by atoms with Gasteiger partial charge in [-0.2, -0.15) is 0 Å². The van der Waals surface area contributed by atoms with Crippen LogP contribution < -0.4 is 5.32 Å². The molecule has 1 saturated heterocycles. The third-order valence-electron chi connectivity index (χ3n) is 6.57. The van der Waals surface area contributed by atoms with Gasteiger partial charge < -0.3 is 14.6 Å². The van der Waals surface area contributed by atoms with Crippen molar-refractivity contribution in [3.05, 3.63) is 36.8 Å². The van der Waals surface area contributed by atoms with E-state index >= 15 is 0 Å². The summed E-state index contributed by atoms with van der Waals surface area (Å²) >= 11 is 0. The lowest BCUT2D eigenvalue weighted by Crippen LogP contribution is -2.44. The summed E-state index contributed by atoms with van der Waals surface area (Å²) < 4.78 is 34.2. The van der Waals surface area contributed by atoms with E-state index in [1.54, 1.807) is 44.8 Å². The average Bonchev–Trinajstić information content (AvgIpc) is 3.35. The first kappa shape index (κ1) is 24.2. The molecule has 7 nitrogen and oxygen atoms in total. The van der Waals surface area contributed by atoms with Crippen LogP contribution in [0.3, 0.4) is 0 Å². The summed E-state index contributed by atoms with van der Waals surface area (Å²) in [6.07, 6.45) is 3.78. The molecule has 1 unspecified atom stereocenters. The number of nitrogens with zero attached hydrogens (tertiary/aromatic N) is 3. The molecule has 4 rings (SSSR count). The number of imidazole rings is 1. The second kappa shape index (κ2) is 8.67. The van der Waals surface area contributed by atoms with Gasteiger partial charge in [-0.05, 0) is 53.0 Å². The summed E-state index contributed by atoms with van der Waals surface area (Å²) in [4.78, 5) is 31.4. The molecule has 1 aromatic heterocycles. The third kappa shape index (κ3) is 4.93. The summed E-state index contributed by atoms with van der Waals surface area (Å²) in [6.45, 7) is 7.34. The van der Waals surface area contributed by atoms with Crippen LogP contribution in [0.2, 0.25) is 0 Å². The SMILES string of the molecule is CC(C)(C)OC(=O)N1CCC(C)(n2cnc(-c3ccccc3NC3CCC(F)(F)CC3)c2)C1=O. The second-order valence-corrected chi connectivity index (χ2v) is 10.4. The lowest BCUT2D eigenvalue weighted by atomic mass is 9.92. The minimum Gasteiger partial charge on any atom is -0.443 e. The Morgan fingerprint density at radius 1 is 1.18 bits per heavy atom. The minimum atomic E-state index is -2.58. The van der Waals surface area contributed by atoms with Crippen molar-refractivity contribution in [2.45, 2.75) is 82.9 Å². The Hall–Kier alpha value is -2.97. The molecule has 1 aliphatic heterocycles. The maximum Gasteiger partial charge on any atom is 0.417 e. The maximum atomic E-state index is 13.5. The number of benzene rings is 1. The van der Waals surface area contributed by atoms with Crippen LogP contribution in [0.4, 0.5) is 19.3 Å². The van der Waals surface area contributed by atoms with Gasteiger partial charge in [0.2, 0.25) is 5.92 Å². The first-order valence-electron chi connectivity index (χ1n) is 11.7. The average molecular weight is 475 g/mol. The molecule has 1 aliphatic carbocycles. The standard InChI is InChI=1S/C25H32F2N4O3/c1-23(2,3)34-22(33)31-14-13-24(4,21(31)32)30-15-20(28-16-30)18-7-5-6-8-19(18)29-17-9-11-25(26,27)12-10-17/h5-8,15-17,29H,9-14H2,1-4H3. The Morgan fingerprint density at radius 2 is 1.85 bits per heavy atom. The molecule has 0 spiro atoms. The molecule has 1 saturated carbocycles. The number of imide groups is 1. The normalized spacial score (nSPS) is 23.2. The van der Waals surface area contributed by atoms with Crippen molar-refractivity contribution in [1.29, 1.82) is 0 Å². The number of hydrogen-bond acceptors (Lipinski definition) is 5. The van der Waals surface area contributed by atoms with Gasteiger partial charge in [-0.15, -0.1) is 0 Å². The van der Waals surface area contributed by atoms with Gasteiger partial charge in [0, 0.05) is 42.9 Å². The first-order chi connectivity index (χ1) is 15.9. The lowest BCUT2D eigenvalue weighted by molar-refractivity contribution is -0.133. The van der Waals surface area contributed by atoms with Gasteiger partial charge in [-0.25, -0.2) is 23.5 Å². The van der Waals surface area contributed by atoms with E-state index in [1.165, 1.54) is 0 Å². The van der Waals surface area contributed by atoms with Crippen molar-refractivity contribution in [3.8, 4) is 11.3 Å². The largest absolute Gasteiger partial charge is 0.443 e. The number of likely N-dealkylation sites (tertiary alicyclic amines) is 1. The fourth-order valence-corrected chi connectivity index (χ4v) is 4.53. The highest BCUT2D eigenvalue weighted by atomic mass is 19.3. The van der Waals surface area contributed by atoms with Gasteiger partial charge in [0.25, 0.3) is 5.91 Å². The van der Waals surface area contributed by atoms with E-state index in [4.69, 9.17) is 4.74 Å². The van der Waals surface area contributed by atoms with Crippen LogP contribution in [0.15, 0.2) is 36.8 Å². The Kier molecular flexibility index (Phi) is 6.16. The third-order valence-corrected chi connectivity index (χ3v) is 6.57. The Balaban J connectivity index is 1.52. The Labute approximate surface area is 198 Å². The van der Waals surface area contributed by atoms with Crippen LogP contribution in [-0.4, -0.2) is 50.6 Å². The Bertz CT molecular complexity index is 1070. The maximum absolute atomic E-state index is 13.5. The summed E-state index contributed by atoms with van der Waals surface area (Å²) in [6, 6.07) is 7.58. The fourth-order valence-electron chi connectivity index (χ4n) is 4.53. The quantitative estimate of drug-likeness (QED) is 0.640. The van der Waals surface area contributed by atoms with E-state index in [0.717, 1.165) is 16.2 Å². The van der Waals surface area contributed by atoms with Crippen LogP contribution in [0.25, 0.3) is 11.3 Å². The molecule has 1 atom stereocenters. The second-order valence-electron chi connectivity index (χ2n) is 10.4. The number of para-hydroxylation sites is 1. The minimum absolute atomic E-state index is 0.0285. The van der Waals surface area contributed by atoms with Gasteiger partial charge in [0.05, 0.1) is 12.0 Å². The summed E-state index contributed by atoms with van der Waals surface area (Å²) in [5.74, 6) is -2.91. The number of hydrogen-bond donors (Lipinski definition) is 1. The number of anilines is 1. The molecule has 2 aliphatic rings. The number of rotatable bonds is 4. The molecule has 0 bridgehead atoms. The van der Waals surface area contributed by atoms with Crippen molar-refractivity contribution < 1.29 is 23.1 Å². The van der Waals surface area contributed by atoms with E-state index in [-0.39, 0.29) is 31.3 Å². The number of nitrogens with one attached hydrogen (secondary N) is 1. The van der Waals surface area contributed by atoms with E-state index in [2.05, 4.69) is 10.3 Å². The molecule has 2 fully saturated rings. The molecule has 9 heteroatoms. The van der Waals surface area contributed by atoms with Crippen molar-refractivity contribution in [3.63, 3.8) is 0 Å². The fraction of sp³-hybridized carbons (Fsp3) is 0.560. The van der Waals surface area contributed by atoms with E-state index in [9.17, 15) is 18.4 Å². The van der Waals surface area contributed by atoms with Crippen LogP contribution in [0.5, 0.6) is 0 Å². The monoisotopic (exact) mass is 474 g/mol. The molecule has 34 heavy (non-hydrogen) atoms. The number of halogens is 2. The van der Waals surface area contributed by atoms with Crippen molar-refractivity contribution in [1.82, 2.24) is 14.5 Å². The van der Waals surface area contributed by atoms with Crippen LogP contribution in [-0.2, 0) is 15.1 Å². The van der Waals surface area contributed by atoms with E-state index < -0.39 is 23.2 Å². The molecule has 2 amide bonds. The summed E-state index contributed by atoms with van der Waals surface area (Å²) in [5.41, 5.74) is 0.662. The van der Waals surface area contributed by atoms with Crippen LogP contribution in [0, 0.1) is 0 Å². The number of amides is 2. The van der Waals surface area contributed by atoms with Gasteiger partial charge in [-0.1, -0.05) is 18.2 Å². The smallest absolute Gasteiger partial charge is 0.417 e. The van der Waals surface area contributed by atoms with Crippen molar-refractivity contribution >= 4 is 17.7 Å². The summed E-state index contributed by atoms with van der Waals surface area (Å²) in [7, 11) is 0. The first-order valence-corrected chi connectivity index (χ1v) is 11.7. The molecule has 0 radical (unpaired) electrons. The van der Waals surface area contributed by atoms with Gasteiger partial charge in [0.1, 0.15) is 11.1 Å². The zero-order valence-corrected chi connectivity index (χ0v) is 20.1. The molecule has 184 valence electrons. The van der Waals surface area contributed by atoms with E-state index in [1.807, 2.05) is 24.3 Å². The molecule has 2 heterocycles. The zero-order valence-electron chi connectivity index (χ0n) is 20.1. The number of carbonyl (C=O) groups excluding carboxylic acids is 2. The predicted molar refractivity (Wildman–Crippen MR) is 125 cm³/mol. The molecular formula is C25H32F2N4O3. The number of aromatic nitrogens is 2. The molecule has 1 N–H and O–H groups in total. The van der Waals surface area contributed by atoms with Gasteiger partial charge in [0.15, 0.2) is 0 Å². The molecule has 1 aromatic carbocycles. The molecule has 2 aromatic rings. The highest BCUT2D eigenvalue weighted by molar-refractivity contribution is 5.98. The lowest BCUT2D eigenvalue weighted by Gasteiger charge is -2.30.